The van der Waals surface area contributed by atoms with Crippen LogP contribution in [0.2, 0.25) is 5.02 Å². The molecule has 3 rings (SSSR count). The van der Waals surface area contributed by atoms with Crippen molar-refractivity contribution in [1.82, 2.24) is 9.94 Å². The SMILES string of the molecule is CC(=O)On1cc(-c2ccc(Cl)cc2)c(-c2ccc(S(C)(=O)=O)cc2)n1. The number of hydrogen-bond donors (Lipinski definition) is 0. The predicted molar refractivity (Wildman–Crippen MR) is 98.5 cm³/mol. The molecule has 0 fully saturated rings. The Kier molecular flexibility index (Phi) is 4.84. The molecule has 0 aliphatic heterocycles. The van der Waals surface area contributed by atoms with Gasteiger partial charge in [0.1, 0.15) is 5.69 Å². The van der Waals surface area contributed by atoms with Gasteiger partial charge in [-0.1, -0.05) is 40.7 Å². The van der Waals surface area contributed by atoms with Gasteiger partial charge in [-0.3, -0.25) is 0 Å². The number of carbonyl (C=O) groups excluding carboxylic acids is 1. The second kappa shape index (κ2) is 6.93. The van der Waals surface area contributed by atoms with Crippen LogP contribution in [-0.4, -0.2) is 30.6 Å². The van der Waals surface area contributed by atoms with Crippen molar-refractivity contribution < 1.29 is 18.0 Å². The first kappa shape index (κ1) is 18.2. The van der Waals surface area contributed by atoms with Gasteiger partial charge in [-0.25, -0.2) is 13.2 Å². The summed E-state index contributed by atoms with van der Waals surface area (Å²) in [4.78, 5) is 17.6. The lowest BCUT2D eigenvalue weighted by molar-refractivity contribution is -0.143. The minimum absolute atomic E-state index is 0.216. The molecular weight excluding hydrogens is 376 g/mol. The van der Waals surface area contributed by atoms with E-state index in [1.807, 2.05) is 12.1 Å². The molecule has 134 valence electrons. The average molecular weight is 391 g/mol. The molecule has 1 heterocycles. The van der Waals surface area contributed by atoms with Gasteiger partial charge in [0.15, 0.2) is 9.84 Å². The van der Waals surface area contributed by atoms with Crippen molar-refractivity contribution >= 4 is 27.4 Å². The van der Waals surface area contributed by atoms with E-state index < -0.39 is 15.8 Å². The van der Waals surface area contributed by atoms with E-state index in [4.69, 9.17) is 16.4 Å². The van der Waals surface area contributed by atoms with Crippen LogP contribution in [0, 0.1) is 0 Å². The highest BCUT2D eigenvalue weighted by Gasteiger charge is 2.16. The van der Waals surface area contributed by atoms with Crippen LogP contribution >= 0.6 is 11.6 Å². The second-order valence-corrected chi connectivity index (χ2v) is 8.13. The molecule has 0 atom stereocenters. The van der Waals surface area contributed by atoms with Crippen LogP contribution in [0.5, 0.6) is 0 Å². The first-order valence-corrected chi connectivity index (χ1v) is 9.86. The Balaban J connectivity index is 2.11. The number of hydrogen-bond acceptors (Lipinski definition) is 5. The Labute approximate surface area is 155 Å². The van der Waals surface area contributed by atoms with Gasteiger partial charge in [0.2, 0.25) is 0 Å². The highest BCUT2D eigenvalue weighted by Crippen LogP contribution is 2.32. The van der Waals surface area contributed by atoms with Crippen molar-refractivity contribution in [2.75, 3.05) is 6.26 Å². The van der Waals surface area contributed by atoms with E-state index in [1.165, 1.54) is 19.1 Å². The molecule has 0 saturated heterocycles. The molecule has 6 nitrogen and oxygen atoms in total. The minimum atomic E-state index is -3.29. The first-order chi connectivity index (χ1) is 12.2. The molecule has 0 aliphatic rings. The van der Waals surface area contributed by atoms with Gasteiger partial charge in [-0.05, 0) is 29.8 Å². The highest BCUT2D eigenvalue weighted by atomic mass is 35.5. The maximum absolute atomic E-state index is 11.6. The van der Waals surface area contributed by atoms with Gasteiger partial charge in [-0.2, -0.15) is 0 Å². The van der Waals surface area contributed by atoms with E-state index in [-0.39, 0.29) is 4.90 Å². The third kappa shape index (κ3) is 3.95. The van der Waals surface area contributed by atoms with Crippen LogP contribution in [0.3, 0.4) is 0 Å². The van der Waals surface area contributed by atoms with Gasteiger partial charge in [0, 0.05) is 29.3 Å². The summed E-state index contributed by atoms with van der Waals surface area (Å²) in [6, 6.07) is 13.5. The molecule has 3 aromatic rings. The van der Waals surface area contributed by atoms with Crippen LogP contribution in [0.25, 0.3) is 22.4 Å². The highest BCUT2D eigenvalue weighted by molar-refractivity contribution is 7.90. The number of halogens is 1. The fourth-order valence-corrected chi connectivity index (χ4v) is 3.20. The minimum Gasteiger partial charge on any atom is -0.320 e. The standard InChI is InChI=1S/C18H15ClN2O4S/c1-12(22)25-21-11-17(13-3-7-15(19)8-4-13)18(20-21)14-5-9-16(10-6-14)26(2,23)24/h3-11H,1-2H3. The summed E-state index contributed by atoms with van der Waals surface area (Å²) in [5, 5.41) is 4.90. The Morgan fingerprint density at radius 2 is 1.62 bits per heavy atom. The molecule has 26 heavy (non-hydrogen) atoms. The van der Waals surface area contributed by atoms with Gasteiger partial charge in [-0.15, -0.1) is 5.10 Å². The van der Waals surface area contributed by atoms with Crippen molar-refractivity contribution in [3.8, 4) is 22.4 Å². The van der Waals surface area contributed by atoms with Gasteiger partial charge in [0.25, 0.3) is 0 Å². The normalized spacial score (nSPS) is 11.3. The van der Waals surface area contributed by atoms with Crippen molar-refractivity contribution in [1.29, 1.82) is 0 Å². The molecule has 2 aromatic carbocycles. The lowest BCUT2D eigenvalue weighted by atomic mass is 10.0. The fraction of sp³-hybridized carbons (Fsp3) is 0.111. The van der Waals surface area contributed by atoms with Crippen LogP contribution in [0.15, 0.2) is 59.6 Å². The van der Waals surface area contributed by atoms with Crippen molar-refractivity contribution in [3.05, 3.63) is 59.8 Å². The summed E-state index contributed by atoms with van der Waals surface area (Å²) < 4.78 is 23.3. The van der Waals surface area contributed by atoms with E-state index in [0.717, 1.165) is 22.2 Å². The second-order valence-electron chi connectivity index (χ2n) is 5.68. The zero-order chi connectivity index (χ0) is 18.9. The molecule has 0 amide bonds. The van der Waals surface area contributed by atoms with Crippen LogP contribution in [0.1, 0.15) is 6.92 Å². The maximum Gasteiger partial charge on any atom is 0.331 e. The maximum atomic E-state index is 11.6. The Bertz CT molecular complexity index is 1060. The van der Waals surface area contributed by atoms with E-state index in [0.29, 0.717) is 16.3 Å². The lowest BCUT2D eigenvalue weighted by Gasteiger charge is -2.04. The molecular formula is C18H15ClN2O4S. The Morgan fingerprint density at radius 1 is 1.04 bits per heavy atom. The third-order valence-corrected chi connectivity index (χ3v) is 5.01. The van der Waals surface area contributed by atoms with Gasteiger partial charge < -0.3 is 4.84 Å². The van der Waals surface area contributed by atoms with E-state index in [9.17, 15) is 13.2 Å². The summed E-state index contributed by atoms with van der Waals surface area (Å²) in [6.07, 6.45) is 2.74. The average Bonchev–Trinajstić information content (AvgIpc) is 2.98. The van der Waals surface area contributed by atoms with E-state index in [2.05, 4.69) is 5.10 Å². The van der Waals surface area contributed by atoms with Crippen LogP contribution in [-0.2, 0) is 14.6 Å². The molecule has 0 bridgehead atoms. The van der Waals surface area contributed by atoms with Crippen LogP contribution in [0.4, 0.5) is 0 Å². The predicted octanol–water partition coefficient (Wildman–Crippen LogP) is 3.25. The molecule has 0 unspecified atom stereocenters. The largest absolute Gasteiger partial charge is 0.331 e. The molecule has 0 radical (unpaired) electrons. The molecule has 1 aromatic heterocycles. The quantitative estimate of drug-likeness (QED) is 0.683. The van der Waals surface area contributed by atoms with Gasteiger partial charge >= 0.3 is 5.97 Å². The summed E-state index contributed by atoms with van der Waals surface area (Å²) in [7, 11) is -3.29. The lowest BCUT2D eigenvalue weighted by Crippen LogP contribution is -2.16. The zero-order valence-corrected chi connectivity index (χ0v) is 15.6. The van der Waals surface area contributed by atoms with Crippen molar-refractivity contribution in [2.24, 2.45) is 0 Å². The topological polar surface area (TPSA) is 78.3 Å². The Hall–Kier alpha value is -2.64. The number of carbonyl (C=O) groups is 1. The third-order valence-electron chi connectivity index (χ3n) is 3.63. The zero-order valence-electron chi connectivity index (χ0n) is 14.0. The summed E-state index contributed by atoms with van der Waals surface area (Å²) in [5.41, 5.74) is 2.78. The molecule has 0 spiro atoms. The fourth-order valence-electron chi connectivity index (χ4n) is 2.45. The van der Waals surface area contributed by atoms with E-state index in [1.54, 1.807) is 30.5 Å². The number of nitrogens with zero attached hydrogens (tertiary/aromatic N) is 2. The molecule has 0 aliphatic carbocycles. The van der Waals surface area contributed by atoms with E-state index >= 15 is 0 Å². The number of rotatable bonds is 4. The number of benzene rings is 2. The summed E-state index contributed by atoms with van der Waals surface area (Å²) in [6.45, 7) is 1.28. The smallest absolute Gasteiger partial charge is 0.320 e. The monoisotopic (exact) mass is 390 g/mol. The summed E-state index contributed by atoms with van der Waals surface area (Å²) >= 11 is 5.94. The molecule has 0 saturated carbocycles. The van der Waals surface area contributed by atoms with Crippen LogP contribution < -0.4 is 4.84 Å². The molecule has 0 N–H and O–H groups in total. The first-order valence-electron chi connectivity index (χ1n) is 7.59. The number of sulfone groups is 1. The van der Waals surface area contributed by atoms with Gasteiger partial charge in [0.05, 0.1) is 11.1 Å². The van der Waals surface area contributed by atoms with Crippen molar-refractivity contribution in [2.45, 2.75) is 11.8 Å². The molecule has 8 heteroatoms. The number of aromatic nitrogens is 2. The van der Waals surface area contributed by atoms with Crippen molar-refractivity contribution in [3.63, 3.8) is 0 Å². The Morgan fingerprint density at radius 3 is 2.15 bits per heavy atom. The summed E-state index contributed by atoms with van der Waals surface area (Å²) in [5.74, 6) is -0.505.